The molecule has 132 valence electrons. The zero-order chi connectivity index (χ0) is 17.9. The molecule has 0 heterocycles. The molecule has 0 saturated heterocycles. The number of ether oxygens (including phenoxy) is 1. The van der Waals surface area contributed by atoms with Crippen LogP contribution >= 0.6 is 0 Å². The van der Waals surface area contributed by atoms with Gasteiger partial charge in [0.15, 0.2) is 6.29 Å². The Morgan fingerprint density at radius 3 is 2.09 bits per heavy atom. The average molecular weight is 359 g/mol. The first-order valence-corrected chi connectivity index (χ1v) is 12.9. The summed E-state index contributed by atoms with van der Waals surface area (Å²) in [6.07, 6.45) is 0.0620. The van der Waals surface area contributed by atoms with Crippen LogP contribution < -0.4 is 0 Å². The van der Waals surface area contributed by atoms with Gasteiger partial charge in [0.05, 0.1) is 20.4 Å². The number of benzene rings is 1. The van der Waals surface area contributed by atoms with Gasteiger partial charge in [0.1, 0.15) is 0 Å². The highest BCUT2D eigenvalue weighted by atomic mass is 32.2. The van der Waals surface area contributed by atoms with Gasteiger partial charge in [0, 0.05) is 0 Å². The third kappa shape index (κ3) is 6.75. The average Bonchev–Trinajstić information content (AvgIpc) is 2.35. The first-order valence-electron chi connectivity index (χ1n) is 7.90. The van der Waals surface area contributed by atoms with Crippen molar-refractivity contribution in [2.75, 3.05) is 6.26 Å². The summed E-state index contributed by atoms with van der Waals surface area (Å²) in [4.78, 5) is 0. The van der Waals surface area contributed by atoms with E-state index in [1.54, 1.807) is 6.92 Å². The molecule has 0 aliphatic heterocycles. The molecule has 2 atom stereocenters. The van der Waals surface area contributed by atoms with Crippen LogP contribution in [0.2, 0.25) is 24.2 Å². The van der Waals surface area contributed by atoms with Crippen LogP contribution in [0.3, 0.4) is 0 Å². The summed E-state index contributed by atoms with van der Waals surface area (Å²) in [5.74, 6) is 0. The van der Waals surface area contributed by atoms with Crippen molar-refractivity contribution < 1.29 is 17.3 Å². The molecule has 0 spiro atoms. The normalized spacial score (nSPS) is 16.1. The van der Waals surface area contributed by atoms with E-state index in [1.165, 1.54) is 0 Å². The minimum atomic E-state index is -3.54. The second kappa shape index (κ2) is 7.47. The Hall–Kier alpha value is -0.693. The Morgan fingerprint density at radius 1 is 1.13 bits per heavy atom. The molecule has 2 unspecified atom stereocenters. The Balaban J connectivity index is 3.00. The van der Waals surface area contributed by atoms with Gasteiger partial charge in [-0.25, -0.2) is 4.18 Å². The summed E-state index contributed by atoms with van der Waals surface area (Å²) in [6.45, 7) is 13.1. The van der Waals surface area contributed by atoms with Crippen molar-refractivity contribution in [2.24, 2.45) is 0 Å². The molecule has 0 aliphatic rings. The van der Waals surface area contributed by atoms with E-state index in [0.717, 1.165) is 17.9 Å². The lowest BCUT2D eigenvalue weighted by Crippen LogP contribution is -2.39. The van der Waals surface area contributed by atoms with Crippen LogP contribution in [0.5, 0.6) is 0 Å². The SMILES string of the molecule is CC(OC(C[Si](C)(C)C(C)(C)C)c1ccccc1)OS(C)(=O)=O. The van der Waals surface area contributed by atoms with Gasteiger partial charge in [-0.2, -0.15) is 8.42 Å². The first-order chi connectivity index (χ1) is 10.3. The molecule has 0 fully saturated rings. The van der Waals surface area contributed by atoms with Gasteiger partial charge in [-0.05, 0) is 23.6 Å². The monoisotopic (exact) mass is 358 g/mol. The van der Waals surface area contributed by atoms with Crippen molar-refractivity contribution in [2.45, 2.75) is 64.3 Å². The third-order valence-electron chi connectivity index (χ3n) is 4.56. The molecule has 0 aromatic heterocycles. The molecule has 4 nitrogen and oxygen atoms in total. The lowest BCUT2D eigenvalue weighted by Gasteiger charge is -2.40. The maximum atomic E-state index is 11.3. The lowest BCUT2D eigenvalue weighted by molar-refractivity contribution is -0.0999. The Labute approximate surface area is 142 Å². The highest BCUT2D eigenvalue weighted by Crippen LogP contribution is 2.43. The predicted molar refractivity (Wildman–Crippen MR) is 97.7 cm³/mol. The van der Waals surface area contributed by atoms with Gasteiger partial charge in [-0.15, -0.1) is 0 Å². The highest BCUT2D eigenvalue weighted by Gasteiger charge is 2.38. The van der Waals surface area contributed by atoms with Crippen LogP contribution in [-0.2, 0) is 19.0 Å². The number of hydrogen-bond acceptors (Lipinski definition) is 4. The third-order valence-corrected chi connectivity index (χ3v) is 10.6. The maximum Gasteiger partial charge on any atom is 0.266 e. The molecule has 23 heavy (non-hydrogen) atoms. The van der Waals surface area contributed by atoms with Gasteiger partial charge in [-0.3, -0.25) is 0 Å². The molecule has 0 N–H and O–H groups in total. The minimum Gasteiger partial charge on any atom is -0.344 e. The fraction of sp³-hybridized carbons (Fsp3) is 0.647. The topological polar surface area (TPSA) is 52.6 Å². The van der Waals surface area contributed by atoms with E-state index in [1.807, 2.05) is 30.3 Å². The fourth-order valence-corrected chi connectivity index (χ4v) is 4.59. The summed E-state index contributed by atoms with van der Waals surface area (Å²) >= 11 is 0. The number of hydrogen-bond donors (Lipinski definition) is 0. The minimum absolute atomic E-state index is 0.172. The molecular formula is C17H30O4SSi. The lowest BCUT2D eigenvalue weighted by atomic mass is 10.1. The molecule has 0 aliphatic carbocycles. The van der Waals surface area contributed by atoms with E-state index >= 15 is 0 Å². The first kappa shape index (κ1) is 20.4. The van der Waals surface area contributed by atoms with Crippen LogP contribution in [0.4, 0.5) is 0 Å². The van der Waals surface area contributed by atoms with Crippen LogP contribution in [0.1, 0.15) is 39.4 Å². The van der Waals surface area contributed by atoms with Crippen molar-refractivity contribution in [1.29, 1.82) is 0 Å². The zero-order valence-corrected chi connectivity index (χ0v) is 17.1. The molecule has 0 saturated carbocycles. The predicted octanol–water partition coefficient (Wildman–Crippen LogP) is 4.58. The van der Waals surface area contributed by atoms with Gasteiger partial charge in [-0.1, -0.05) is 64.2 Å². The van der Waals surface area contributed by atoms with Crippen LogP contribution in [0.25, 0.3) is 0 Å². The molecule has 1 aromatic rings. The summed E-state index contributed by atoms with van der Waals surface area (Å²) in [6, 6.07) is 10.8. The Kier molecular flexibility index (Phi) is 6.61. The van der Waals surface area contributed by atoms with Gasteiger partial charge >= 0.3 is 0 Å². The molecular weight excluding hydrogens is 328 g/mol. The standard InChI is InChI=1S/C17H30O4SSi/c1-14(21-22(5,18)19)20-16(15-11-9-8-10-12-15)13-23(6,7)17(2,3)4/h8-12,14,16H,13H2,1-7H3. The van der Waals surface area contributed by atoms with E-state index in [2.05, 4.69) is 33.9 Å². The van der Waals surface area contributed by atoms with Crippen LogP contribution in [0, 0.1) is 0 Å². The van der Waals surface area contributed by atoms with E-state index in [4.69, 9.17) is 8.92 Å². The van der Waals surface area contributed by atoms with E-state index in [9.17, 15) is 8.42 Å². The Bertz CT molecular complexity index is 591. The summed E-state index contributed by atoms with van der Waals surface area (Å²) in [5, 5.41) is 0.227. The van der Waals surface area contributed by atoms with E-state index in [-0.39, 0.29) is 11.1 Å². The quantitative estimate of drug-likeness (QED) is 0.407. The van der Waals surface area contributed by atoms with Crippen molar-refractivity contribution >= 4 is 18.2 Å². The summed E-state index contributed by atoms with van der Waals surface area (Å²) < 4.78 is 33.6. The molecule has 0 amide bonds. The van der Waals surface area contributed by atoms with Gasteiger partial charge in [0.2, 0.25) is 0 Å². The maximum absolute atomic E-state index is 11.3. The van der Waals surface area contributed by atoms with Crippen molar-refractivity contribution in [1.82, 2.24) is 0 Å². The van der Waals surface area contributed by atoms with Gasteiger partial charge in [0.25, 0.3) is 10.1 Å². The van der Waals surface area contributed by atoms with Crippen LogP contribution in [-0.4, -0.2) is 29.0 Å². The van der Waals surface area contributed by atoms with Crippen molar-refractivity contribution in [3.63, 3.8) is 0 Å². The number of rotatable bonds is 7. The molecule has 1 aromatic carbocycles. The summed E-state index contributed by atoms with van der Waals surface area (Å²) in [5.41, 5.74) is 1.06. The second-order valence-corrected chi connectivity index (χ2v) is 15.0. The van der Waals surface area contributed by atoms with Crippen LogP contribution in [0.15, 0.2) is 30.3 Å². The molecule has 0 bridgehead atoms. The van der Waals surface area contributed by atoms with Crippen molar-refractivity contribution in [3.8, 4) is 0 Å². The summed E-state index contributed by atoms with van der Waals surface area (Å²) in [7, 11) is -5.14. The second-order valence-electron chi connectivity index (χ2n) is 7.74. The smallest absolute Gasteiger partial charge is 0.266 e. The largest absolute Gasteiger partial charge is 0.344 e. The highest BCUT2D eigenvalue weighted by molar-refractivity contribution is 7.86. The van der Waals surface area contributed by atoms with E-state index in [0.29, 0.717) is 0 Å². The Morgan fingerprint density at radius 2 is 1.65 bits per heavy atom. The van der Waals surface area contributed by atoms with E-state index < -0.39 is 24.5 Å². The molecule has 6 heteroatoms. The molecule has 0 radical (unpaired) electrons. The molecule has 1 rings (SSSR count). The van der Waals surface area contributed by atoms with Gasteiger partial charge < -0.3 is 4.74 Å². The fourth-order valence-electron chi connectivity index (χ4n) is 2.18. The van der Waals surface area contributed by atoms with Crippen molar-refractivity contribution in [3.05, 3.63) is 35.9 Å². The zero-order valence-electron chi connectivity index (χ0n) is 15.3.